The van der Waals surface area contributed by atoms with Gasteiger partial charge in [0.05, 0.1) is 13.7 Å². The SMILES string of the molecule is COON(C)Cc1ccccc1. The Hall–Kier alpha value is -0.900. The summed E-state index contributed by atoms with van der Waals surface area (Å²) >= 11 is 0. The molecule has 0 heterocycles. The molecule has 0 bridgehead atoms. The highest BCUT2D eigenvalue weighted by Gasteiger charge is 1.98. The van der Waals surface area contributed by atoms with E-state index in [9.17, 15) is 0 Å². The standard InChI is InChI=1S/C9H13NO2/c1-10(12-11-2)8-9-6-4-3-5-7-9/h3-7H,8H2,1-2H3. The highest BCUT2D eigenvalue weighted by atomic mass is 17.3. The highest BCUT2D eigenvalue weighted by Crippen LogP contribution is 2.02. The Labute approximate surface area is 72.4 Å². The number of benzene rings is 1. The van der Waals surface area contributed by atoms with Crippen molar-refractivity contribution in [1.29, 1.82) is 0 Å². The predicted octanol–water partition coefficient (Wildman–Crippen LogP) is 1.61. The first-order valence-corrected chi connectivity index (χ1v) is 3.79. The summed E-state index contributed by atoms with van der Waals surface area (Å²) in [5.74, 6) is 0. The summed E-state index contributed by atoms with van der Waals surface area (Å²) in [4.78, 5) is 9.28. The van der Waals surface area contributed by atoms with Gasteiger partial charge in [0, 0.05) is 7.05 Å². The van der Waals surface area contributed by atoms with Crippen LogP contribution in [0.4, 0.5) is 0 Å². The first-order chi connectivity index (χ1) is 5.83. The minimum Gasteiger partial charge on any atom is -0.221 e. The molecule has 1 aromatic carbocycles. The quantitative estimate of drug-likeness (QED) is 0.502. The molecule has 0 saturated heterocycles. The lowest BCUT2D eigenvalue weighted by molar-refractivity contribution is -0.408. The van der Waals surface area contributed by atoms with Crippen LogP contribution in [0.5, 0.6) is 0 Å². The third-order valence-corrected chi connectivity index (χ3v) is 1.45. The maximum Gasteiger partial charge on any atom is 0.0733 e. The fourth-order valence-electron chi connectivity index (χ4n) is 0.994. The van der Waals surface area contributed by atoms with Crippen LogP contribution in [0.1, 0.15) is 5.56 Å². The average Bonchev–Trinajstić information content (AvgIpc) is 2.06. The molecule has 12 heavy (non-hydrogen) atoms. The van der Waals surface area contributed by atoms with Crippen molar-refractivity contribution in [3.8, 4) is 0 Å². The van der Waals surface area contributed by atoms with Crippen LogP contribution in [0.3, 0.4) is 0 Å². The molecule has 0 spiro atoms. The van der Waals surface area contributed by atoms with E-state index >= 15 is 0 Å². The average molecular weight is 167 g/mol. The normalized spacial score (nSPS) is 10.6. The lowest BCUT2D eigenvalue weighted by atomic mass is 10.2. The smallest absolute Gasteiger partial charge is 0.0733 e. The summed E-state index contributed by atoms with van der Waals surface area (Å²) < 4.78 is 0. The first kappa shape index (κ1) is 9.19. The van der Waals surface area contributed by atoms with E-state index < -0.39 is 0 Å². The van der Waals surface area contributed by atoms with Crippen LogP contribution in [-0.2, 0) is 16.4 Å². The van der Waals surface area contributed by atoms with Gasteiger partial charge < -0.3 is 0 Å². The molecule has 0 amide bonds. The van der Waals surface area contributed by atoms with Gasteiger partial charge in [0.15, 0.2) is 0 Å². The number of nitrogens with zero attached hydrogens (tertiary/aromatic N) is 1. The Morgan fingerprint density at radius 3 is 2.50 bits per heavy atom. The molecule has 0 N–H and O–H groups in total. The van der Waals surface area contributed by atoms with Gasteiger partial charge in [-0.3, -0.25) is 0 Å². The van der Waals surface area contributed by atoms with Gasteiger partial charge in [0.25, 0.3) is 0 Å². The molecule has 0 saturated carbocycles. The molecule has 1 aromatic rings. The number of rotatable bonds is 4. The van der Waals surface area contributed by atoms with Gasteiger partial charge in [-0.1, -0.05) is 30.3 Å². The molecule has 0 unspecified atom stereocenters. The molecule has 3 heteroatoms. The molecule has 0 fully saturated rings. The molecular weight excluding hydrogens is 154 g/mol. The van der Waals surface area contributed by atoms with E-state index in [0.717, 1.165) is 0 Å². The van der Waals surface area contributed by atoms with E-state index in [-0.39, 0.29) is 0 Å². The second kappa shape index (κ2) is 4.87. The summed E-state index contributed by atoms with van der Waals surface area (Å²) in [5, 5.41) is 1.62. The molecule has 3 nitrogen and oxygen atoms in total. The molecule has 0 aliphatic carbocycles. The van der Waals surface area contributed by atoms with Gasteiger partial charge in [-0.15, -0.1) is 4.99 Å². The van der Waals surface area contributed by atoms with Gasteiger partial charge in [-0.2, -0.15) is 5.06 Å². The van der Waals surface area contributed by atoms with Crippen LogP contribution < -0.4 is 0 Å². The molecule has 1 rings (SSSR count). The van der Waals surface area contributed by atoms with Crippen LogP contribution >= 0.6 is 0 Å². The Morgan fingerprint density at radius 1 is 1.25 bits per heavy atom. The Balaban J connectivity index is 2.41. The first-order valence-electron chi connectivity index (χ1n) is 3.79. The monoisotopic (exact) mass is 167 g/mol. The fraction of sp³-hybridized carbons (Fsp3) is 0.333. The van der Waals surface area contributed by atoms with E-state index in [1.807, 2.05) is 37.4 Å². The van der Waals surface area contributed by atoms with Crippen molar-refractivity contribution in [2.45, 2.75) is 6.54 Å². The predicted molar refractivity (Wildman–Crippen MR) is 46.0 cm³/mol. The van der Waals surface area contributed by atoms with E-state index in [1.54, 1.807) is 5.06 Å². The van der Waals surface area contributed by atoms with Gasteiger partial charge in [-0.05, 0) is 5.56 Å². The van der Waals surface area contributed by atoms with Crippen molar-refractivity contribution >= 4 is 0 Å². The van der Waals surface area contributed by atoms with E-state index in [0.29, 0.717) is 6.54 Å². The molecule has 0 aliphatic rings. The van der Waals surface area contributed by atoms with Crippen LogP contribution in [0.15, 0.2) is 30.3 Å². The highest BCUT2D eigenvalue weighted by molar-refractivity contribution is 5.13. The largest absolute Gasteiger partial charge is 0.221 e. The molecule has 0 atom stereocenters. The van der Waals surface area contributed by atoms with Crippen molar-refractivity contribution in [3.63, 3.8) is 0 Å². The molecule has 0 aromatic heterocycles. The Morgan fingerprint density at radius 2 is 1.92 bits per heavy atom. The molecule has 66 valence electrons. The van der Waals surface area contributed by atoms with Crippen molar-refractivity contribution < 1.29 is 9.88 Å². The third kappa shape index (κ3) is 3.00. The summed E-state index contributed by atoms with van der Waals surface area (Å²) in [6.07, 6.45) is 0. The van der Waals surface area contributed by atoms with E-state index in [2.05, 4.69) is 4.89 Å². The maximum absolute atomic E-state index is 4.78. The summed E-state index contributed by atoms with van der Waals surface area (Å²) in [6.45, 7) is 0.717. The van der Waals surface area contributed by atoms with E-state index in [1.165, 1.54) is 12.7 Å². The Bertz CT molecular complexity index is 213. The topological polar surface area (TPSA) is 21.7 Å². The van der Waals surface area contributed by atoms with E-state index in [4.69, 9.17) is 4.99 Å². The summed E-state index contributed by atoms with van der Waals surface area (Å²) in [6, 6.07) is 10.1. The van der Waals surface area contributed by atoms with Gasteiger partial charge in [0.1, 0.15) is 0 Å². The zero-order valence-corrected chi connectivity index (χ0v) is 7.36. The van der Waals surface area contributed by atoms with Crippen LogP contribution in [0.2, 0.25) is 0 Å². The van der Waals surface area contributed by atoms with Crippen molar-refractivity contribution in [3.05, 3.63) is 35.9 Å². The Kier molecular flexibility index (Phi) is 3.73. The molecular formula is C9H13NO2. The lowest BCUT2D eigenvalue weighted by Crippen LogP contribution is -2.17. The fourth-order valence-corrected chi connectivity index (χ4v) is 0.994. The van der Waals surface area contributed by atoms with Crippen LogP contribution in [-0.4, -0.2) is 19.2 Å². The van der Waals surface area contributed by atoms with Gasteiger partial charge >= 0.3 is 0 Å². The number of hydrogen-bond acceptors (Lipinski definition) is 3. The van der Waals surface area contributed by atoms with Crippen molar-refractivity contribution in [2.24, 2.45) is 0 Å². The number of hydroxylamine groups is 2. The minimum atomic E-state index is 0.717. The summed E-state index contributed by atoms with van der Waals surface area (Å²) in [5.41, 5.74) is 1.19. The van der Waals surface area contributed by atoms with Gasteiger partial charge in [0.2, 0.25) is 0 Å². The second-order valence-electron chi connectivity index (χ2n) is 2.51. The summed E-state index contributed by atoms with van der Waals surface area (Å²) in [7, 11) is 3.30. The van der Waals surface area contributed by atoms with Crippen molar-refractivity contribution in [1.82, 2.24) is 5.06 Å². The van der Waals surface area contributed by atoms with Crippen LogP contribution in [0, 0.1) is 0 Å². The maximum atomic E-state index is 4.78. The minimum absolute atomic E-state index is 0.717. The van der Waals surface area contributed by atoms with Crippen LogP contribution in [0.25, 0.3) is 0 Å². The second-order valence-corrected chi connectivity index (χ2v) is 2.51. The molecule has 0 aliphatic heterocycles. The third-order valence-electron chi connectivity index (χ3n) is 1.45. The van der Waals surface area contributed by atoms with Gasteiger partial charge in [-0.25, -0.2) is 4.89 Å². The zero-order valence-electron chi connectivity index (χ0n) is 7.36. The lowest BCUT2D eigenvalue weighted by Gasteiger charge is -2.12. The number of hydrogen-bond donors (Lipinski definition) is 0. The zero-order chi connectivity index (χ0) is 8.81. The molecule has 0 radical (unpaired) electrons. The van der Waals surface area contributed by atoms with Crippen molar-refractivity contribution in [2.75, 3.05) is 14.2 Å².